The molecule has 1 saturated heterocycles. The molecule has 27 heteroatoms. The zero-order valence-corrected chi connectivity index (χ0v) is 50.3. The number of carbonyl (C=O) groups is 11. The summed E-state index contributed by atoms with van der Waals surface area (Å²) in [4.78, 5) is 159. The number of phenolic OH excluding ortho intramolecular Hbond substituents is 1. The average Bonchev–Trinajstić information content (AvgIpc) is 3.99. The first-order valence-electron chi connectivity index (χ1n) is 29.2. The molecule has 2 heterocycles. The zero-order chi connectivity index (χ0) is 64.6. The number of aliphatic hydroxyl groups is 1. The summed E-state index contributed by atoms with van der Waals surface area (Å²) in [6.07, 6.45) is -1.15. The van der Waals surface area contributed by atoms with Gasteiger partial charge in [-0.2, -0.15) is 0 Å². The van der Waals surface area contributed by atoms with E-state index >= 15 is 0 Å². The number of benzene rings is 3. The van der Waals surface area contributed by atoms with Crippen molar-refractivity contribution in [2.45, 2.75) is 128 Å². The summed E-state index contributed by atoms with van der Waals surface area (Å²) < 4.78 is 0. The topological polar surface area (TPSA) is 434 Å². The van der Waals surface area contributed by atoms with Crippen molar-refractivity contribution >= 4 is 81.6 Å². The molecular weight excluding hydrogens is 1140 g/mol. The maximum Gasteiger partial charge on any atom is 0.315 e. The van der Waals surface area contributed by atoms with Crippen LogP contribution in [0.2, 0.25) is 0 Å². The van der Waals surface area contributed by atoms with Crippen molar-refractivity contribution in [2.75, 3.05) is 39.8 Å². The van der Waals surface area contributed by atoms with Crippen molar-refractivity contribution in [3.05, 3.63) is 102 Å². The second-order valence-electron chi connectivity index (χ2n) is 22.4. The Morgan fingerprint density at radius 2 is 1.34 bits per heavy atom. The van der Waals surface area contributed by atoms with Crippen LogP contribution in [-0.4, -0.2) is 173 Å². The highest BCUT2D eigenvalue weighted by molar-refractivity contribution is 6.00. The van der Waals surface area contributed by atoms with Crippen LogP contribution in [0.5, 0.6) is 5.75 Å². The fourth-order valence-electron chi connectivity index (χ4n) is 10.3. The molecule has 476 valence electrons. The van der Waals surface area contributed by atoms with Crippen LogP contribution in [0.4, 0.5) is 4.79 Å². The van der Waals surface area contributed by atoms with E-state index in [4.69, 9.17) is 17.2 Å². The van der Waals surface area contributed by atoms with Crippen LogP contribution in [0.25, 0.3) is 10.9 Å². The highest BCUT2D eigenvalue weighted by Gasteiger charge is 2.40. The molecule has 1 fully saturated rings. The number of carbonyl (C=O) groups excluding carboxylic acids is 11. The molecule has 0 aliphatic carbocycles. The van der Waals surface area contributed by atoms with Gasteiger partial charge in [0.15, 0.2) is 23.3 Å². The number of amides is 9. The fraction of sp³-hybridized carbons (Fsp3) is 0.475. The Morgan fingerprint density at radius 3 is 1.99 bits per heavy atom. The van der Waals surface area contributed by atoms with Gasteiger partial charge in [-0.15, -0.1) is 0 Å². The van der Waals surface area contributed by atoms with E-state index in [1.54, 1.807) is 48.7 Å². The SMILES string of the molecule is CN=C(N)NCCC[C@H](CC(=O)[C@H](CC(C)C)NC(=O)NCC(=O)[C@H](Cc1ccccc1)NC(=O)[C@@H](CC(=O)[C@H](CC(N)=O)NC(=O)[C@@H]1CNCCN1C(=O)[C@@H](Cc1ccc(O)cc1)NC(C)=O)[C@@H](C)O)C(=O)N[C@@H](Cc1c[nH]c2ccccc12)C(N)=O. The van der Waals surface area contributed by atoms with E-state index < -0.39 is 138 Å². The number of para-hydroxylation sites is 1. The average molecular weight is 1220 g/mol. The minimum Gasteiger partial charge on any atom is -0.508 e. The highest BCUT2D eigenvalue weighted by Crippen LogP contribution is 2.22. The van der Waals surface area contributed by atoms with Crippen LogP contribution < -0.4 is 59.7 Å². The Kier molecular flexibility index (Phi) is 27.0. The maximum atomic E-state index is 14.3. The van der Waals surface area contributed by atoms with E-state index in [1.807, 2.05) is 38.1 Å². The van der Waals surface area contributed by atoms with Crippen molar-refractivity contribution in [3.8, 4) is 5.75 Å². The first-order valence-corrected chi connectivity index (χ1v) is 29.2. The predicted molar refractivity (Wildman–Crippen MR) is 326 cm³/mol. The van der Waals surface area contributed by atoms with Crippen molar-refractivity contribution in [1.29, 1.82) is 0 Å². The van der Waals surface area contributed by atoms with Gasteiger partial charge < -0.3 is 79.8 Å². The predicted octanol–water partition coefficient (Wildman–Crippen LogP) is -0.850. The molecule has 27 nitrogen and oxygen atoms in total. The standard InChI is InChI=1S/C61H84N14O13/c1-34(2)24-45(51(79)28-39(14-11-21-67-60(64)65-5)56(84)73-48(55(63)83)27-40-31-68-44-16-10-9-15-42(40)44)74-61(88)69-33-53(81)46(25-37-12-7-6-8-13-37)71-57(85)43(35(3)76)29-52(80)47(30-54(62)82)72-58(86)50-32-66-22-23-75(50)59(87)49(70-36(4)77)26-38-17-19-41(78)20-18-38/h6-10,12-13,15-20,31,34-35,39,43,45-50,66,68,76,78H,11,14,21-30,32-33H2,1-5H3,(H2,62,82)(H2,63,83)(H,70,77)(H,71,85)(H,72,86)(H,73,84)(H3,64,65,67)(H2,69,74,88)/t35-,39-,43+,45+,46+,47+,48+,49-,50+/m1/s1. The number of hydrogen-bond acceptors (Lipinski definition) is 15. The number of primary amides is 2. The number of fused-ring (bicyclic) bond motifs is 1. The second kappa shape index (κ2) is 34.2. The van der Waals surface area contributed by atoms with Crippen molar-refractivity contribution in [3.63, 3.8) is 0 Å². The van der Waals surface area contributed by atoms with Gasteiger partial charge in [-0.3, -0.25) is 52.9 Å². The van der Waals surface area contributed by atoms with E-state index in [2.05, 4.69) is 52.5 Å². The first-order chi connectivity index (χ1) is 41.8. The maximum absolute atomic E-state index is 14.3. The number of aliphatic hydroxyl groups excluding tert-OH is 1. The van der Waals surface area contributed by atoms with Crippen molar-refractivity contribution < 1.29 is 63.0 Å². The van der Waals surface area contributed by atoms with Gasteiger partial charge in [0.1, 0.15) is 23.9 Å². The third-order valence-corrected chi connectivity index (χ3v) is 15.0. The third-order valence-electron chi connectivity index (χ3n) is 15.0. The zero-order valence-electron chi connectivity index (χ0n) is 50.3. The third kappa shape index (κ3) is 21.9. The summed E-state index contributed by atoms with van der Waals surface area (Å²) in [7, 11) is 1.50. The summed E-state index contributed by atoms with van der Waals surface area (Å²) in [6, 6.07) is 13.2. The quantitative estimate of drug-likeness (QED) is 0.0154. The Balaban J connectivity index is 1.27. The van der Waals surface area contributed by atoms with E-state index in [1.165, 1.54) is 37.9 Å². The van der Waals surface area contributed by atoms with Crippen molar-refractivity contribution in [2.24, 2.45) is 39.9 Å². The van der Waals surface area contributed by atoms with Crippen LogP contribution >= 0.6 is 0 Å². The van der Waals surface area contributed by atoms with Crippen molar-refractivity contribution in [1.82, 2.24) is 52.4 Å². The number of aliphatic imine (C=N–C) groups is 1. The number of rotatable bonds is 34. The summed E-state index contributed by atoms with van der Waals surface area (Å²) in [5.74, 6) is -10.2. The van der Waals surface area contributed by atoms with E-state index in [0.717, 1.165) is 16.5 Å². The Hall–Kier alpha value is -9.24. The molecular formula is C61H84N14O13. The first kappa shape index (κ1) is 69.5. The van der Waals surface area contributed by atoms with Crippen LogP contribution in [0.1, 0.15) is 82.9 Å². The van der Waals surface area contributed by atoms with Crippen LogP contribution in [0.3, 0.4) is 0 Å². The molecule has 4 aromatic rings. The number of ketones is 3. The normalized spacial score (nSPS) is 16.1. The smallest absolute Gasteiger partial charge is 0.315 e. The highest BCUT2D eigenvalue weighted by atomic mass is 16.3. The summed E-state index contributed by atoms with van der Waals surface area (Å²) in [5, 5.41) is 43.2. The number of guanidine groups is 1. The lowest BCUT2D eigenvalue weighted by atomic mass is 9.90. The molecule has 1 aromatic heterocycles. The number of aromatic hydroxyl groups is 1. The Bertz CT molecular complexity index is 3120. The number of piperazine rings is 1. The van der Waals surface area contributed by atoms with Crippen LogP contribution in [0, 0.1) is 17.8 Å². The largest absolute Gasteiger partial charge is 0.508 e. The number of nitrogens with zero attached hydrogens (tertiary/aromatic N) is 2. The number of Topliss-reactive ketones (excluding diaryl/α,β-unsaturated/α-hetero) is 3. The monoisotopic (exact) mass is 1220 g/mol. The molecule has 17 N–H and O–H groups in total. The molecule has 0 radical (unpaired) electrons. The van der Waals surface area contributed by atoms with Gasteiger partial charge in [-0.25, -0.2) is 4.79 Å². The molecule has 0 unspecified atom stereocenters. The van der Waals surface area contributed by atoms with E-state index in [9.17, 15) is 63.0 Å². The van der Waals surface area contributed by atoms with Gasteiger partial charge in [-0.1, -0.05) is 74.5 Å². The number of nitrogens with one attached hydrogen (secondary N) is 9. The molecule has 9 atom stereocenters. The van der Waals surface area contributed by atoms with Gasteiger partial charge in [0.05, 0.1) is 43.1 Å². The molecule has 9 amide bonds. The van der Waals surface area contributed by atoms with Gasteiger partial charge in [0.2, 0.25) is 41.4 Å². The number of urea groups is 1. The van der Waals surface area contributed by atoms with E-state index in [0.29, 0.717) is 24.1 Å². The molecule has 0 bridgehead atoms. The molecule has 0 saturated carbocycles. The number of phenols is 1. The summed E-state index contributed by atoms with van der Waals surface area (Å²) in [6.45, 7) is 5.87. The minimum absolute atomic E-state index is 0.00309. The molecule has 1 aliphatic rings. The van der Waals surface area contributed by atoms with Crippen LogP contribution in [0.15, 0.2) is 90.1 Å². The van der Waals surface area contributed by atoms with Gasteiger partial charge >= 0.3 is 6.03 Å². The lowest BCUT2D eigenvalue weighted by Gasteiger charge is -2.38. The lowest BCUT2D eigenvalue weighted by molar-refractivity contribution is -0.145. The van der Waals surface area contributed by atoms with Gasteiger partial charge in [0, 0.05) is 88.9 Å². The molecule has 0 spiro atoms. The molecule has 1 aliphatic heterocycles. The van der Waals surface area contributed by atoms with E-state index in [-0.39, 0.29) is 75.8 Å². The van der Waals surface area contributed by atoms with Gasteiger partial charge in [-0.05, 0) is 73.4 Å². The summed E-state index contributed by atoms with van der Waals surface area (Å²) >= 11 is 0. The van der Waals surface area contributed by atoms with Gasteiger partial charge in [0.25, 0.3) is 0 Å². The fourth-order valence-corrected chi connectivity index (χ4v) is 10.3. The Morgan fingerprint density at radius 1 is 0.693 bits per heavy atom. The molecule has 5 rings (SSSR count). The minimum atomic E-state index is -1.65. The number of aromatic amines is 1. The Labute approximate surface area is 510 Å². The second-order valence-corrected chi connectivity index (χ2v) is 22.4. The number of nitrogens with two attached hydrogens (primary N) is 3. The number of aromatic nitrogens is 1. The molecule has 88 heavy (non-hydrogen) atoms. The lowest BCUT2D eigenvalue weighted by Crippen LogP contribution is -2.64. The molecule has 3 aromatic carbocycles. The summed E-state index contributed by atoms with van der Waals surface area (Å²) in [5.41, 5.74) is 19.9. The van der Waals surface area contributed by atoms with Crippen LogP contribution in [-0.2, 0) is 67.2 Å². The number of hydrogen-bond donors (Lipinski definition) is 14. The number of H-pyrrole nitrogens is 1.